The van der Waals surface area contributed by atoms with E-state index >= 15 is 0 Å². The van der Waals surface area contributed by atoms with E-state index in [1.807, 2.05) is 0 Å². The van der Waals surface area contributed by atoms with Gasteiger partial charge in [-0.1, -0.05) is 29.8 Å². The lowest BCUT2D eigenvalue weighted by atomic mass is 10.1. The number of rotatable bonds is 3. The lowest BCUT2D eigenvalue weighted by molar-refractivity contribution is -0.143. The van der Waals surface area contributed by atoms with Gasteiger partial charge in [0.25, 0.3) is 0 Å². The first-order valence-electron chi connectivity index (χ1n) is 7.16. The van der Waals surface area contributed by atoms with Crippen LogP contribution in [0.4, 0.5) is 11.4 Å². The molecular weight excluding hydrogens is 346 g/mol. The first kappa shape index (κ1) is 18.4. The predicted octanol–water partition coefficient (Wildman–Crippen LogP) is 2.12. The number of likely N-dealkylation sites (N-methyl/N-ethyl adjacent to an activating group) is 1. The summed E-state index contributed by atoms with van der Waals surface area (Å²) in [5, 5.41) is 0.950. The maximum Gasteiger partial charge on any atom is 0.339 e. The number of hydrazine groups is 1. The van der Waals surface area contributed by atoms with E-state index in [1.54, 1.807) is 30.3 Å². The number of halogens is 1. The van der Waals surface area contributed by atoms with E-state index in [9.17, 15) is 14.4 Å². The summed E-state index contributed by atoms with van der Waals surface area (Å²) in [5.41, 5.74) is 0.567. The van der Waals surface area contributed by atoms with E-state index in [2.05, 4.69) is 0 Å². The summed E-state index contributed by atoms with van der Waals surface area (Å²) in [6.07, 6.45) is 0. The molecule has 0 bridgehead atoms. The smallest absolute Gasteiger partial charge is 0.339 e. The van der Waals surface area contributed by atoms with Gasteiger partial charge < -0.3 is 4.74 Å². The SMILES string of the molecule is COC(=O)c1ccc(Cl)cc1N(C(=O)C(=O)N(C)N)c1ccccc1. The molecule has 2 amide bonds. The molecule has 0 saturated heterocycles. The highest BCUT2D eigenvalue weighted by Crippen LogP contribution is 2.32. The normalized spacial score (nSPS) is 10.1. The summed E-state index contributed by atoms with van der Waals surface area (Å²) in [6, 6.07) is 12.7. The Morgan fingerprint density at radius 3 is 2.24 bits per heavy atom. The zero-order valence-corrected chi connectivity index (χ0v) is 14.4. The highest BCUT2D eigenvalue weighted by molar-refractivity contribution is 6.42. The Hall–Kier alpha value is -2.90. The van der Waals surface area contributed by atoms with Crippen LogP contribution in [0.2, 0.25) is 5.02 Å². The van der Waals surface area contributed by atoms with Crippen molar-refractivity contribution >= 4 is 40.8 Å². The first-order valence-corrected chi connectivity index (χ1v) is 7.54. The van der Waals surface area contributed by atoms with Gasteiger partial charge in [-0.2, -0.15) is 0 Å². The second-order valence-corrected chi connectivity index (χ2v) is 5.48. The molecule has 0 aliphatic rings. The fraction of sp³-hybridized carbons (Fsp3) is 0.118. The minimum atomic E-state index is -0.959. The molecule has 7 nitrogen and oxygen atoms in total. The number of hydrogen-bond donors (Lipinski definition) is 1. The number of carbonyl (C=O) groups is 3. The number of anilines is 2. The molecule has 0 unspecified atom stereocenters. The van der Waals surface area contributed by atoms with E-state index in [4.69, 9.17) is 22.2 Å². The van der Waals surface area contributed by atoms with Gasteiger partial charge in [0.15, 0.2) is 0 Å². The van der Waals surface area contributed by atoms with Gasteiger partial charge in [-0.05, 0) is 30.3 Å². The van der Waals surface area contributed by atoms with Gasteiger partial charge in [-0.3, -0.25) is 19.5 Å². The van der Waals surface area contributed by atoms with Crippen LogP contribution in [0.15, 0.2) is 48.5 Å². The number of amides is 2. The number of esters is 1. The van der Waals surface area contributed by atoms with Crippen LogP contribution in [0, 0.1) is 0 Å². The maximum atomic E-state index is 12.7. The Bertz CT molecular complexity index is 809. The molecule has 8 heteroatoms. The van der Waals surface area contributed by atoms with Crippen molar-refractivity contribution in [3.05, 3.63) is 59.1 Å². The Morgan fingerprint density at radius 2 is 1.68 bits per heavy atom. The third-order valence-corrected chi connectivity index (χ3v) is 3.56. The van der Waals surface area contributed by atoms with E-state index in [0.717, 1.165) is 4.90 Å². The average Bonchev–Trinajstić information content (AvgIpc) is 2.61. The monoisotopic (exact) mass is 361 g/mol. The average molecular weight is 362 g/mol. The Labute approximate surface area is 149 Å². The molecular formula is C17H16ClN3O4. The number of carbonyl (C=O) groups excluding carboxylic acids is 3. The fourth-order valence-corrected chi connectivity index (χ4v) is 2.33. The van der Waals surface area contributed by atoms with Crippen molar-refractivity contribution in [2.75, 3.05) is 19.1 Å². The number of nitrogens with zero attached hydrogens (tertiary/aromatic N) is 2. The number of para-hydroxylation sites is 1. The highest BCUT2D eigenvalue weighted by atomic mass is 35.5. The molecule has 2 N–H and O–H groups in total. The van der Waals surface area contributed by atoms with Gasteiger partial charge in [-0.15, -0.1) is 0 Å². The molecule has 0 aliphatic carbocycles. The van der Waals surface area contributed by atoms with Gasteiger partial charge in [0.05, 0.1) is 18.4 Å². The van der Waals surface area contributed by atoms with E-state index in [-0.39, 0.29) is 16.3 Å². The third kappa shape index (κ3) is 3.96. The minimum absolute atomic E-state index is 0.0802. The summed E-state index contributed by atoms with van der Waals surface area (Å²) >= 11 is 6.03. The Morgan fingerprint density at radius 1 is 1.04 bits per heavy atom. The van der Waals surface area contributed by atoms with Crippen molar-refractivity contribution in [1.82, 2.24) is 5.01 Å². The molecule has 130 valence electrons. The molecule has 0 atom stereocenters. The summed E-state index contributed by atoms with van der Waals surface area (Å²) in [5.74, 6) is 2.83. The molecule has 2 rings (SSSR count). The Kier molecular flexibility index (Phi) is 5.74. The second kappa shape index (κ2) is 7.78. The molecule has 2 aromatic rings. The summed E-state index contributed by atoms with van der Waals surface area (Å²) in [7, 11) is 2.47. The summed E-state index contributed by atoms with van der Waals surface area (Å²) < 4.78 is 4.75. The largest absolute Gasteiger partial charge is 0.465 e. The van der Waals surface area contributed by atoms with Crippen molar-refractivity contribution in [2.45, 2.75) is 0 Å². The molecule has 0 spiro atoms. The summed E-state index contributed by atoms with van der Waals surface area (Å²) in [6.45, 7) is 0. The van der Waals surface area contributed by atoms with Crippen molar-refractivity contribution in [3.63, 3.8) is 0 Å². The van der Waals surface area contributed by atoms with Crippen LogP contribution < -0.4 is 10.7 Å². The van der Waals surface area contributed by atoms with Crippen LogP contribution in [0.1, 0.15) is 10.4 Å². The summed E-state index contributed by atoms with van der Waals surface area (Å²) in [4.78, 5) is 38.0. The lowest BCUT2D eigenvalue weighted by Gasteiger charge is -2.25. The molecule has 2 aromatic carbocycles. The standard InChI is InChI=1S/C17H16ClN3O4/c1-20(19)15(22)16(23)21(12-6-4-3-5-7-12)14-10-11(18)8-9-13(14)17(24)25-2/h3-10H,19H2,1-2H3. The molecule has 0 aromatic heterocycles. The Balaban J connectivity index is 2.69. The van der Waals surface area contributed by atoms with Crippen LogP contribution in [0.25, 0.3) is 0 Å². The van der Waals surface area contributed by atoms with Crippen LogP contribution >= 0.6 is 11.6 Å². The van der Waals surface area contributed by atoms with E-state index in [0.29, 0.717) is 10.7 Å². The van der Waals surface area contributed by atoms with Gasteiger partial charge in [0, 0.05) is 17.8 Å². The van der Waals surface area contributed by atoms with Gasteiger partial charge in [0.1, 0.15) is 0 Å². The van der Waals surface area contributed by atoms with Crippen LogP contribution in [-0.4, -0.2) is 37.0 Å². The van der Waals surface area contributed by atoms with Crippen LogP contribution in [0.3, 0.4) is 0 Å². The molecule has 0 fully saturated rings. The van der Waals surface area contributed by atoms with Crippen LogP contribution in [-0.2, 0) is 14.3 Å². The number of hydrogen-bond acceptors (Lipinski definition) is 5. The zero-order valence-electron chi connectivity index (χ0n) is 13.6. The maximum absolute atomic E-state index is 12.7. The number of benzene rings is 2. The van der Waals surface area contributed by atoms with Gasteiger partial charge >= 0.3 is 17.8 Å². The number of methoxy groups -OCH3 is 1. The lowest BCUT2D eigenvalue weighted by Crippen LogP contribution is -2.45. The highest BCUT2D eigenvalue weighted by Gasteiger charge is 2.30. The van der Waals surface area contributed by atoms with Gasteiger partial charge in [-0.25, -0.2) is 10.6 Å². The van der Waals surface area contributed by atoms with Crippen molar-refractivity contribution in [3.8, 4) is 0 Å². The molecule has 0 heterocycles. The first-order chi connectivity index (χ1) is 11.9. The molecule has 0 aliphatic heterocycles. The number of nitrogens with two attached hydrogens (primary N) is 1. The number of ether oxygens (including phenoxy) is 1. The minimum Gasteiger partial charge on any atom is -0.465 e. The van der Waals surface area contributed by atoms with E-state index < -0.39 is 17.8 Å². The molecule has 0 radical (unpaired) electrons. The third-order valence-electron chi connectivity index (χ3n) is 3.33. The van der Waals surface area contributed by atoms with Crippen molar-refractivity contribution < 1.29 is 19.1 Å². The second-order valence-electron chi connectivity index (χ2n) is 5.05. The zero-order chi connectivity index (χ0) is 18.6. The quantitative estimate of drug-likeness (QED) is 0.297. The van der Waals surface area contributed by atoms with E-state index in [1.165, 1.54) is 32.4 Å². The fourth-order valence-electron chi connectivity index (χ4n) is 2.16. The van der Waals surface area contributed by atoms with Crippen LogP contribution in [0.5, 0.6) is 0 Å². The molecule has 0 saturated carbocycles. The van der Waals surface area contributed by atoms with Gasteiger partial charge in [0.2, 0.25) is 0 Å². The topological polar surface area (TPSA) is 92.9 Å². The van der Waals surface area contributed by atoms with Crippen molar-refractivity contribution in [2.24, 2.45) is 5.84 Å². The predicted molar refractivity (Wildman–Crippen MR) is 93.3 cm³/mol. The molecule has 25 heavy (non-hydrogen) atoms. The van der Waals surface area contributed by atoms with Crippen molar-refractivity contribution in [1.29, 1.82) is 0 Å².